The minimum atomic E-state index is -4.42. The molecule has 1 aromatic carbocycles. The van der Waals surface area contributed by atoms with Gasteiger partial charge in [-0.25, -0.2) is 14.8 Å². The van der Waals surface area contributed by atoms with E-state index in [0.717, 1.165) is 17.0 Å². The summed E-state index contributed by atoms with van der Waals surface area (Å²) < 4.78 is 69.7. The quantitative estimate of drug-likeness (QED) is 0.516. The average molecular weight is 519 g/mol. The molecule has 196 valence electrons. The molecule has 1 N–H and O–H groups in total. The number of hydrogen-bond donors (Lipinski definition) is 1. The van der Waals surface area contributed by atoms with Gasteiger partial charge in [-0.15, -0.1) is 0 Å². The van der Waals surface area contributed by atoms with Crippen molar-refractivity contribution in [1.82, 2.24) is 24.4 Å². The Balaban J connectivity index is 1.37. The molecule has 2 aliphatic heterocycles. The zero-order valence-corrected chi connectivity index (χ0v) is 20.4. The average Bonchev–Trinajstić information content (AvgIpc) is 3.45. The van der Waals surface area contributed by atoms with Crippen LogP contribution in [0.15, 0.2) is 49.1 Å². The minimum Gasteiger partial charge on any atom is -0.376 e. The van der Waals surface area contributed by atoms with Crippen molar-refractivity contribution in [3.05, 3.63) is 60.3 Å². The van der Waals surface area contributed by atoms with Gasteiger partial charge in [0.05, 0.1) is 42.9 Å². The second kappa shape index (κ2) is 9.02. The number of alkyl halides is 3. The Kier molecular flexibility index (Phi) is 5.22. The summed E-state index contributed by atoms with van der Waals surface area (Å²) in [4.78, 5) is 29.0. The number of halogens is 3. The van der Waals surface area contributed by atoms with Crippen LogP contribution in [0.3, 0.4) is 0 Å². The van der Waals surface area contributed by atoms with Gasteiger partial charge in [0.15, 0.2) is 0 Å². The summed E-state index contributed by atoms with van der Waals surface area (Å²) in [7, 11) is 0. The Bertz CT molecular complexity index is 1390. The molecule has 12 heteroatoms. The lowest BCUT2D eigenvalue weighted by Gasteiger charge is -2.47. The first-order chi connectivity index (χ1) is 18.7. The molecular weight excluding hydrogens is 487 g/mol. The Labute approximate surface area is 216 Å². The maximum atomic E-state index is 13.5. The third-order valence-corrected chi connectivity index (χ3v) is 6.78. The fraction of sp³-hybridized carbons (Fsp3) is 0.440. The molecule has 2 atom stereocenters. The number of carbonyl (C=O) groups is 1. The van der Waals surface area contributed by atoms with Crippen LogP contribution in [-0.2, 0) is 10.9 Å². The number of carbonyl (C=O) groups excluding carboxylic acids is 1. The number of nitrogens with zero attached hydrogens (tertiary/aromatic N) is 6. The number of aromatic nitrogens is 4. The number of anilines is 2. The molecule has 3 aromatic rings. The van der Waals surface area contributed by atoms with Gasteiger partial charge in [0.25, 0.3) is 0 Å². The normalized spacial score (nSPS) is 21.5. The molecule has 2 saturated heterocycles. The van der Waals surface area contributed by atoms with Gasteiger partial charge in [-0.05, 0) is 43.2 Å². The number of benzene rings is 1. The number of urea groups is 1. The zero-order valence-electron chi connectivity index (χ0n) is 23.4. The Morgan fingerprint density at radius 2 is 1.89 bits per heavy atom. The van der Waals surface area contributed by atoms with Crippen molar-refractivity contribution < 1.29 is 26.8 Å². The van der Waals surface area contributed by atoms with E-state index in [1.807, 2.05) is 20.8 Å². The maximum Gasteiger partial charge on any atom is 0.416 e. The van der Waals surface area contributed by atoms with Crippen molar-refractivity contribution in [2.45, 2.75) is 44.6 Å². The van der Waals surface area contributed by atoms with Crippen LogP contribution in [0.5, 0.6) is 0 Å². The summed E-state index contributed by atoms with van der Waals surface area (Å²) in [5, 5.41) is 3.13. The molecule has 5 rings (SSSR count). The number of hydrogen-bond acceptors (Lipinski definition) is 6. The topological polar surface area (TPSA) is 88.4 Å². The van der Waals surface area contributed by atoms with E-state index in [1.54, 1.807) is 16.8 Å². The van der Waals surface area contributed by atoms with Gasteiger partial charge in [-0.2, -0.15) is 18.2 Å². The van der Waals surface area contributed by atoms with Crippen LogP contribution < -0.4 is 10.2 Å². The first-order valence-electron chi connectivity index (χ1n) is 13.2. The standard InChI is InChI=1S/C25H28F3N7O2/c1-15(2)21-24(12-37-13-24)33(4)23(36)35(21)20-9-10-29-22(32-20)31-16(3)19-11-34(14-30-19)18-7-5-17(6-8-18)25(26,27)28/h5-11,14-16,21H,12-13H2,1-4H3,(H,29,31,32)/t16-,21-/m0/s1/i4D3. The number of amides is 2. The molecule has 2 aliphatic rings. The molecule has 0 saturated carbocycles. The third-order valence-electron chi connectivity index (χ3n) is 6.78. The Morgan fingerprint density at radius 3 is 2.49 bits per heavy atom. The van der Waals surface area contributed by atoms with Crippen molar-refractivity contribution >= 4 is 17.8 Å². The predicted octanol–water partition coefficient (Wildman–Crippen LogP) is 4.52. The lowest BCUT2D eigenvalue weighted by atomic mass is 9.81. The van der Waals surface area contributed by atoms with Crippen molar-refractivity contribution in [3.63, 3.8) is 0 Å². The van der Waals surface area contributed by atoms with Crippen molar-refractivity contribution in [1.29, 1.82) is 0 Å². The fourth-order valence-corrected chi connectivity index (χ4v) is 4.91. The largest absolute Gasteiger partial charge is 0.416 e. The lowest BCUT2D eigenvalue weighted by Crippen LogP contribution is -2.65. The van der Waals surface area contributed by atoms with Gasteiger partial charge in [-0.1, -0.05) is 13.8 Å². The molecule has 37 heavy (non-hydrogen) atoms. The van der Waals surface area contributed by atoms with Crippen LogP contribution in [0.2, 0.25) is 0 Å². The van der Waals surface area contributed by atoms with Gasteiger partial charge < -0.3 is 19.5 Å². The van der Waals surface area contributed by atoms with E-state index in [1.165, 1.54) is 29.6 Å². The first-order valence-corrected chi connectivity index (χ1v) is 11.7. The van der Waals surface area contributed by atoms with Crippen LogP contribution >= 0.6 is 0 Å². The van der Waals surface area contributed by atoms with E-state index < -0.39 is 42.4 Å². The second-order valence-corrected chi connectivity index (χ2v) is 9.63. The molecule has 0 unspecified atom stereocenters. The Hall–Kier alpha value is -3.67. The van der Waals surface area contributed by atoms with Gasteiger partial charge >= 0.3 is 12.2 Å². The van der Waals surface area contributed by atoms with E-state index in [2.05, 4.69) is 20.3 Å². The summed E-state index contributed by atoms with van der Waals surface area (Å²) in [5.41, 5.74) is -0.645. The van der Waals surface area contributed by atoms with Gasteiger partial charge in [0, 0.05) is 29.2 Å². The van der Waals surface area contributed by atoms with E-state index in [4.69, 9.17) is 8.85 Å². The first kappa shape index (κ1) is 21.4. The van der Waals surface area contributed by atoms with Crippen LogP contribution in [0.4, 0.5) is 29.7 Å². The van der Waals surface area contributed by atoms with Gasteiger partial charge in [-0.3, -0.25) is 4.90 Å². The number of likely N-dealkylation sites (N-methyl/N-ethyl adjacent to an activating group) is 1. The number of imidazole rings is 1. The molecule has 9 nitrogen and oxygen atoms in total. The van der Waals surface area contributed by atoms with E-state index in [-0.39, 0.29) is 30.9 Å². The predicted molar refractivity (Wildman–Crippen MR) is 130 cm³/mol. The van der Waals surface area contributed by atoms with Crippen molar-refractivity contribution in [2.24, 2.45) is 5.92 Å². The van der Waals surface area contributed by atoms with E-state index >= 15 is 0 Å². The minimum absolute atomic E-state index is 0.0975. The molecular formula is C25H28F3N7O2. The molecule has 2 amide bonds. The van der Waals surface area contributed by atoms with E-state index in [0.29, 0.717) is 11.4 Å². The highest BCUT2D eigenvalue weighted by atomic mass is 19.4. The summed E-state index contributed by atoms with van der Waals surface area (Å²) in [6.07, 6.45) is 0.229. The maximum absolute atomic E-state index is 13.5. The molecule has 2 fully saturated rings. The summed E-state index contributed by atoms with van der Waals surface area (Å²) in [5.74, 6) is 0.344. The molecule has 1 spiro atoms. The van der Waals surface area contributed by atoms with Crippen LogP contribution in [0.1, 0.15) is 42.2 Å². The molecule has 2 aromatic heterocycles. The van der Waals surface area contributed by atoms with Gasteiger partial charge in [0.1, 0.15) is 11.4 Å². The summed E-state index contributed by atoms with van der Waals surface area (Å²) in [6, 6.07) is 4.72. The lowest BCUT2D eigenvalue weighted by molar-refractivity contribution is -0.137. The molecule has 4 heterocycles. The number of nitrogens with one attached hydrogen (secondary N) is 1. The van der Waals surface area contributed by atoms with Crippen LogP contribution in [-0.4, -0.2) is 62.2 Å². The van der Waals surface area contributed by atoms with Crippen LogP contribution in [0, 0.1) is 5.92 Å². The molecule has 0 radical (unpaired) electrons. The summed E-state index contributed by atoms with van der Waals surface area (Å²) in [6.45, 7) is 3.23. The summed E-state index contributed by atoms with van der Waals surface area (Å²) >= 11 is 0. The zero-order chi connectivity index (χ0) is 29.0. The fourth-order valence-electron chi connectivity index (χ4n) is 4.91. The monoisotopic (exact) mass is 518 g/mol. The number of rotatable bonds is 6. The van der Waals surface area contributed by atoms with E-state index in [9.17, 15) is 18.0 Å². The van der Waals surface area contributed by atoms with Gasteiger partial charge in [0.2, 0.25) is 5.95 Å². The Morgan fingerprint density at radius 1 is 1.16 bits per heavy atom. The highest BCUT2D eigenvalue weighted by Crippen LogP contribution is 2.43. The number of ether oxygens (including phenoxy) is 1. The smallest absolute Gasteiger partial charge is 0.376 e. The third kappa shape index (κ3) is 4.28. The molecule has 0 bridgehead atoms. The SMILES string of the molecule is [2H]C([2H])([2H])N1C(=O)N(c2ccnc(N[C@@H](C)c3cn(-c4ccc(C(F)(F)F)cc4)cn3)n2)[C@@H](C(C)C)C12COC2. The highest BCUT2D eigenvalue weighted by Gasteiger charge is 2.61. The van der Waals surface area contributed by atoms with Crippen molar-refractivity contribution in [2.75, 3.05) is 30.4 Å². The highest BCUT2D eigenvalue weighted by molar-refractivity contribution is 5.95. The van der Waals surface area contributed by atoms with Crippen molar-refractivity contribution in [3.8, 4) is 5.69 Å². The second-order valence-electron chi connectivity index (χ2n) is 9.63. The molecule has 0 aliphatic carbocycles. The van der Waals surface area contributed by atoms with Crippen LogP contribution in [0.25, 0.3) is 5.69 Å².